The number of nitrogens with one attached hydrogen (secondary N) is 1. The SMILES string of the molecule is CCCOCCOCc1cc(F)cc(C(=N)N)c1. The Morgan fingerprint density at radius 2 is 1.94 bits per heavy atom. The molecule has 18 heavy (non-hydrogen) atoms. The van der Waals surface area contributed by atoms with Crippen molar-refractivity contribution in [2.45, 2.75) is 20.0 Å². The summed E-state index contributed by atoms with van der Waals surface area (Å²) in [4.78, 5) is 0. The Bertz CT molecular complexity index is 397. The zero-order valence-corrected chi connectivity index (χ0v) is 10.5. The van der Waals surface area contributed by atoms with Gasteiger partial charge in [-0.05, 0) is 30.2 Å². The maximum absolute atomic E-state index is 13.2. The highest BCUT2D eigenvalue weighted by atomic mass is 19.1. The number of hydrogen-bond acceptors (Lipinski definition) is 3. The highest BCUT2D eigenvalue weighted by Crippen LogP contribution is 2.10. The molecule has 4 nitrogen and oxygen atoms in total. The van der Waals surface area contributed by atoms with Gasteiger partial charge in [-0.1, -0.05) is 6.92 Å². The van der Waals surface area contributed by atoms with Crippen molar-refractivity contribution in [3.05, 3.63) is 35.1 Å². The Hall–Kier alpha value is -1.46. The number of benzene rings is 1. The number of hydrogen-bond donors (Lipinski definition) is 2. The molecular weight excluding hydrogens is 235 g/mol. The molecule has 5 heteroatoms. The third-order valence-corrected chi connectivity index (χ3v) is 2.26. The van der Waals surface area contributed by atoms with Crippen molar-refractivity contribution < 1.29 is 13.9 Å². The van der Waals surface area contributed by atoms with Crippen LogP contribution in [-0.4, -0.2) is 25.7 Å². The molecule has 0 aliphatic rings. The lowest BCUT2D eigenvalue weighted by atomic mass is 10.1. The first-order chi connectivity index (χ1) is 8.63. The van der Waals surface area contributed by atoms with Crippen molar-refractivity contribution in [2.75, 3.05) is 19.8 Å². The van der Waals surface area contributed by atoms with Crippen LogP contribution in [-0.2, 0) is 16.1 Å². The van der Waals surface area contributed by atoms with Crippen LogP contribution in [0.4, 0.5) is 4.39 Å². The fraction of sp³-hybridized carbons (Fsp3) is 0.462. The molecule has 3 N–H and O–H groups in total. The monoisotopic (exact) mass is 254 g/mol. The molecule has 0 saturated heterocycles. The maximum atomic E-state index is 13.2. The van der Waals surface area contributed by atoms with Gasteiger partial charge in [0, 0.05) is 12.2 Å². The number of rotatable bonds is 8. The van der Waals surface area contributed by atoms with Gasteiger partial charge < -0.3 is 15.2 Å². The van der Waals surface area contributed by atoms with Crippen molar-refractivity contribution in [3.8, 4) is 0 Å². The Morgan fingerprint density at radius 3 is 2.61 bits per heavy atom. The van der Waals surface area contributed by atoms with Gasteiger partial charge in [0.15, 0.2) is 0 Å². The molecule has 0 unspecified atom stereocenters. The number of halogens is 1. The van der Waals surface area contributed by atoms with Crippen LogP contribution in [0.25, 0.3) is 0 Å². The summed E-state index contributed by atoms with van der Waals surface area (Å²) < 4.78 is 23.8. The maximum Gasteiger partial charge on any atom is 0.124 e. The molecule has 0 saturated carbocycles. The van der Waals surface area contributed by atoms with E-state index in [0.717, 1.165) is 13.0 Å². The zero-order valence-electron chi connectivity index (χ0n) is 10.5. The van der Waals surface area contributed by atoms with E-state index in [0.29, 0.717) is 24.3 Å². The van der Waals surface area contributed by atoms with Gasteiger partial charge in [-0.25, -0.2) is 4.39 Å². The van der Waals surface area contributed by atoms with E-state index in [2.05, 4.69) is 0 Å². The molecule has 1 rings (SSSR count). The Morgan fingerprint density at radius 1 is 1.22 bits per heavy atom. The first-order valence-corrected chi connectivity index (χ1v) is 5.93. The molecule has 0 fully saturated rings. The van der Waals surface area contributed by atoms with Crippen molar-refractivity contribution in [1.29, 1.82) is 5.41 Å². The molecule has 0 spiro atoms. The zero-order chi connectivity index (χ0) is 13.4. The summed E-state index contributed by atoms with van der Waals surface area (Å²) >= 11 is 0. The van der Waals surface area contributed by atoms with Gasteiger partial charge in [0.25, 0.3) is 0 Å². The van der Waals surface area contributed by atoms with Crippen LogP contribution < -0.4 is 5.73 Å². The third kappa shape index (κ3) is 5.25. The topological polar surface area (TPSA) is 68.3 Å². The molecule has 0 bridgehead atoms. The molecule has 0 aliphatic heterocycles. The summed E-state index contributed by atoms with van der Waals surface area (Å²) in [5.74, 6) is -0.564. The minimum Gasteiger partial charge on any atom is -0.384 e. The lowest BCUT2D eigenvalue weighted by molar-refractivity contribution is 0.0408. The number of ether oxygens (including phenoxy) is 2. The van der Waals surface area contributed by atoms with Crippen molar-refractivity contribution in [3.63, 3.8) is 0 Å². The number of nitrogen functional groups attached to an aromatic ring is 1. The summed E-state index contributed by atoms with van der Waals surface area (Å²) in [7, 11) is 0. The van der Waals surface area contributed by atoms with Crippen LogP contribution in [0.5, 0.6) is 0 Å². The second kappa shape index (κ2) is 7.79. The second-order valence-corrected chi connectivity index (χ2v) is 3.93. The van der Waals surface area contributed by atoms with E-state index in [9.17, 15) is 4.39 Å². The predicted molar refractivity (Wildman–Crippen MR) is 68.2 cm³/mol. The predicted octanol–water partition coefficient (Wildman–Crippen LogP) is 2.05. The van der Waals surface area contributed by atoms with E-state index in [1.807, 2.05) is 6.92 Å². The van der Waals surface area contributed by atoms with E-state index >= 15 is 0 Å². The molecule has 0 heterocycles. The van der Waals surface area contributed by atoms with Gasteiger partial charge in [0.05, 0.1) is 19.8 Å². The molecule has 0 aromatic heterocycles. The van der Waals surface area contributed by atoms with Gasteiger partial charge in [-0.2, -0.15) is 0 Å². The van der Waals surface area contributed by atoms with Crippen molar-refractivity contribution in [2.24, 2.45) is 5.73 Å². The third-order valence-electron chi connectivity index (χ3n) is 2.26. The average Bonchev–Trinajstić information content (AvgIpc) is 2.33. The van der Waals surface area contributed by atoms with Crippen molar-refractivity contribution in [1.82, 2.24) is 0 Å². The van der Waals surface area contributed by atoms with Crippen LogP contribution in [0.3, 0.4) is 0 Å². The summed E-state index contributed by atoms with van der Waals surface area (Å²) in [6, 6.07) is 4.26. The van der Waals surface area contributed by atoms with E-state index in [1.165, 1.54) is 12.1 Å². The fourth-order valence-corrected chi connectivity index (χ4v) is 1.44. The van der Waals surface area contributed by atoms with Crippen LogP contribution >= 0.6 is 0 Å². The van der Waals surface area contributed by atoms with Gasteiger partial charge in [-0.15, -0.1) is 0 Å². The molecular formula is C13H19FN2O2. The summed E-state index contributed by atoms with van der Waals surface area (Å²) in [6.45, 7) is 4.04. The molecule has 0 aliphatic carbocycles. The quantitative estimate of drug-likeness (QED) is 0.424. The smallest absolute Gasteiger partial charge is 0.124 e. The van der Waals surface area contributed by atoms with Crippen LogP contribution in [0.2, 0.25) is 0 Å². The molecule has 100 valence electrons. The number of amidine groups is 1. The van der Waals surface area contributed by atoms with Gasteiger partial charge in [0.1, 0.15) is 11.7 Å². The standard InChI is InChI=1S/C13H19FN2O2/c1-2-3-17-4-5-18-9-10-6-11(13(15)16)8-12(14)7-10/h6-8H,2-5,9H2,1H3,(H3,15,16). The van der Waals surface area contributed by atoms with E-state index in [-0.39, 0.29) is 12.4 Å². The summed E-state index contributed by atoms with van der Waals surface area (Å²) in [5.41, 5.74) is 6.35. The van der Waals surface area contributed by atoms with Crippen LogP contribution in [0.1, 0.15) is 24.5 Å². The minimum absolute atomic E-state index is 0.151. The largest absolute Gasteiger partial charge is 0.384 e. The molecule has 0 atom stereocenters. The average molecular weight is 254 g/mol. The van der Waals surface area contributed by atoms with Gasteiger partial charge >= 0.3 is 0 Å². The summed E-state index contributed by atoms with van der Waals surface area (Å²) in [5, 5.41) is 7.27. The Labute approximate surface area is 106 Å². The molecule has 1 aromatic carbocycles. The lowest BCUT2D eigenvalue weighted by Crippen LogP contribution is -2.12. The fourth-order valence-electron chi connectivity index (χ4n) is 1.44. The van der Waals surface area contributed by atoms with Crippen molar-refractivity contribution >= 4 is 5.84 Å². The highest BCUT2D eigenvalue weighted by molar-refractivity contribution is 5.95. The Balaban J connectivity index is 2.40. The lowest BCUT2D eigenvalue weighted by Gasteiger charge is -2.07. The molecule has 0 radical (unpaired) electrons. The Kier molecular flexibility index (Phi) is 6.32. The normalized spacial score (nSPS) is 10.6. The summed E-state index contributed by atoms with van der Waals surface area (Å²) in [6.07, 6.45) is 0.978. The number of nitrogens with two attached hydrogens (primary N) is 1. The van der Waals surface area contributed by atoms with E-state index in [4.69, 9.17) is 20.6 Å². The highest BCUT2D eigenvalue weighted by Gasteiger charge is 2.03. The first-order valence-electron chi connectivity index (χ1n) is 5.93. The van der Waals surface area contributed by atoms with E-state index in [1.54, 1.807) is 6.07 Å². The molecule has 0 amide bonds. The molecule has 1 aromatic rings. The van der Waals surface area contributed by atoms with Crippen LogP contribution in [0, 0.1) is 11.2 Å². The van der Waals surface area contributed by atoms with Gasteiger partial charge in [-0.3, -0.25) is 5.41 Å². The minimum atomic E-state index is -0.413. The van der Waals surface area contributed by atoms with Gasteiger partial charge in [0.2, 0.25) is 0 Å². The first kappa shape index (κ1) is 14.6. The second-order valence-electron chi connectivity index (χ2n) is 3.93. The van der Waals surface area contributed by atoms with Crippen LogP contribution in [0.15, 0.2) is 18.2 Å². The van der Waals surface area contributed by atoms with E-state index < -0.39 is 5.82 Å².